The molecule has 0 bridgehead atoms. The van der Waals surface area contributed by atoms with Crippen LogP contribution in [0.1, 0.15) is 42.4 Å². The zero-order chi connectivity index (χ0) is 22.2. The molecule has 0 heterocycles. The summed E-state index contributed by atoms with van der Waals surface area (Å²) in [5, 5.41) is 0. The van der Waals surface area contributed by atoms with Crippen molar-refractivity contribution in [2.24, 2.45) is 5.92 Å². The van der Waals surface area contributed by atoms with E-state index >= 15 is 0 Å². The molecule has 2 unspecified atom stereocenters. The van der Waals surface area contributed by atoms with Gasteiger partial charge in [0, 0.05) is 0 Å². The second kappa shape index (κ2) is 11.4. The van der Waals surface area contributed by atoms with Crippen molar-refractivity contribution >= 4 is 40.3 Å². The Morgan fingerprint density at radius 1 is 0.875 bits per heavy atom. The molecule has 1 nitrogen and oxygen atoms in total. The molecule has 3 aromatic rings. The first-order valence-corrected chi connectivity index (χ1v) is 12.8. The second-order valence-electron chi connectivity index (χ2n) is 8.55. The van der Waals surface area contributed by atoms with Crippen molar-refractivity contribution in [1.29, 1.82) is 0 Å². The quantitative estimate of drug-likeness (QED) is 0.0736. The van der Waals surface area contributed by atoms with E-state index in [0.717, 1.165) is 35.3 Å². The third kappa shape index (κ3) is 5.60. The van der Waals surface area contributed by atoms with Gasteiger partial charge in [0.2, 0.25) is 0 Å². The van der Waals surface area contributed by atoms with Gasteiger partial charge < -0.3 is 0 Å². The number of alkyl halides is 1. The summed E-state index contributed by atoms with van der Waals surface area (Å²) in [6.07, 6.45) is 11.4. The van der Waals surface area contributed by atoms with Crippen LogP contribution in [0.3, 0.4) is 0 Å². The number of allylic oxidation sites excluding steroid dienone is 4. The Morgan fingerprint density at radius 2 is 1.38 bits per heavy atom. The van der Waals surface area contributed by atoms with Gasteiger partial charge in [-0.2, -0.15) is 0 Å². The predicted octanol–water partition coefficient (Wildman–Crippen LogP) is 7.56. The SMILES string of the molecule is [Li][CH](I)C=C(CC1CC=CCC1)OC(c1ccccc1)(c1ccccc1)c1ccccc1. The van der Waals surface area contributed by atoms with Gasteiger partial charge in [-0.05, 0) is 0 Å². The Kier molecular flexibility index (Phi) is 8.35. The van der Waals surface area contributed by atoms with Crippen molar-refractivity contribution in [3.8, 4) is 0 Å². The van der Waals surface area contributed by atoms with Crippen LogP contribution in [-0.4, -0.2) is 20.3 Å². The first-order valence-electron chi connectivity index (χ1n) is 11.5. The molecule has 1 aliphatic carbocycles. The molecular formula is C29H28ILiO. The van der Waals surface area contributed by atoms with Gasteiger partial charge in [-0.3, -0.25) is 0 Å². The number of ether oxygens (including phenoxy) is 1. The molecule has 0 fully saturated rings. The molecule has 0 N–H and O–H groups in total. The number of benzene rings is 3. The van der Waals surface area contributed by atoms with Crippen LogP contribution in [0, 0.1) is 5.92 Å². The number of hydrogen-bond acceptors (Lipinski definition) is 1. The number of halogens is 1. The molecule has 0 spiro atoms. The van der Waals surface area contributed by atoms with Crippen LogP contribution in [0.5, 0.6) is 0 Å². The Balaban J connectivity index is 1.86. The van der Waals surface area contributed by atoms with Gasteiger partial charge in [-0.25, -0.2) is 0 Å². The predicted molar refractivity (Wildman–Crippen MR) is 143 cm³/mol. The zero-order valence-electron chi connectivity index (χ0n) is 18.7. The standard InChI is InChI=1S/C29H28IO.Li/c30-22-21-28(23-24-13-5-1-6-14-24)31-29(25-15-7-2-8-16-25,26-17-9-3-10-18-26)27-19-11-4-12-20-27;/h1-5,7-12,15-22,24H,6,13-14,23H2;. The van der Waals surface area contributed by atoms with Gasteiger partial charge in [-0.15, -0.1) is 0 Å². The normalized spacial score (nSPS) is 17.7. The molecule has 1 aliphatic rings. The molecule has 0 radical (unpaired) electrons. The Labute approximate surface area is 215 Å². The maximum absolute atomic E-state index is 7.24. The molecule has 0 amide bonds. The van der Waals surface area contributed by atoms with Gasteiger partial charge in [-0.1, -0.05) is 0 Å². The monoisotopic (exact) mass is 526 g/mol. The summed E-state index contributed by atoms with van der Waals surface area (Å²) in [7, 11) is 0. The first-order chi connectivity index (χ1) is 15.7. The van der Waals surface area contributed by atoms with Crippen molar-refractivity contribution in [2.45, 2.75) is 33.9 Å². The van der Waals surface area contributed by atoms with E-state index in [4.69, 9.17) is 4.74 Å². The molecular weight excluding hydrogens is 498 g/mol. The molecule has 3 aromatic carbocycles. The summed E-state index contributed by atoms with van der Waals surface area (Å²) < 4.78 is 7.63. The molecule has 0 aromatic heterocycles. The number of rotatable bonds is 8. The summed E-state index contributed by atoms with van der Waals surface area (Å²) >= 11 is 4.70. The molecule has 4 rings (SSSR count). The minimum atomic E-state index is -0.703. The van der Waals surface area contributed by atoms with Gasteiger partial charge in [0.1, 0.15) is 0 Å². The number of hydrogen-bond donors (Lipinski definition) is 0. The molecule has 32 heavy (non-hydrogen) atoms. The van der Waals surface area contributed by atoms with Gasteiger partial charge in [0.05, 0.1) is 0 Å². The van der Waals surface area contributed by atoms with Crippen molar-refractivity contribution in [3.63, 3.8) is 0 Å². The molecule has 2 atom stereocenters. The summed E-state index contributed by atoms with van der Waals surface area (Å²) in [5.41, 5.74) is 2.74. The minimum absolute atomic E-state index is 0.391. The van der Waals surface area contributed by atoms with E-state index in [2.05, 4.69) is 150 Å². The summed E-state index contributed by atoms with van der Waals surface area (Å²) in [6, 6.07) is 32.0. The van der Waals surface area contributed by atoms with Crippen LogP contribution >= 0.6 is 22.6 Å². The first kappa shape index (κ1) is 23.4. The van der Waals surface area contributed by atoms with Crippen LogP contribution in [0.2, 0.25) is 0 Å². The van der Waals surface area contributed by atoms with Crippen molar-refractivity contribution in [1.82, 2.24) is 0 Å². The van der Waals surface area contributed by atoms with Gasteiger partial charge >= 0.3 is 217 Å². The average molecular weight is 526 g/mol. The maximum atomic E-state index is 7.24. The van der Waals surface area contributed by atoms with E-state index in [-0.39, 0.29) is 0 Å². The Morgan fingerprint density at radius 3 is 1.78 bits per heavy atom. The van der Waals surface area contributed by atoms with Gasteiger partial charge in [0.25, 0.3) is 0 Å². The van der Waals surface area contributed by atoms with Crippen LogP contribution < -0.4 is 0 Å². The van der Waals surface area contributed by atoms with Crippen molar-refractivity contribution in [2.75, 3.05) is 0 Å². The van der Waals surface area contributed by atoms with Crippen LogP contribution in [0.4, 0.5) is 0 Å². The van der Waals surface area contributed by atoms with Crippen molar-refractivity contribution < 1.29 is 4.74 Å². The van der Waals surface area contributed by atoms with E-state index in [1.165, 1.54) is 12.8 Å². The van der Waals surface area contributed by atoms with E-state index < -0.39 is 5.60 Å². The zero-order valence-corrected chi connectivity index (χ0v) is 20.8. The molecule has 3 heteroatoms. The summed E-state index contributed by atoms with van der Waals surface area (Å²) in [6.45, 7) is 0. The van der Waals surface area contributed by atoms with Crippen molar-refractivity contribution in [3.05, 3.63) is 132 Å². The fourth-order valence-corrected chi connectivity index (χ4v) is 5.02. The fraction of sp³-hybridized carbons (Fsp3) is 0.241. The molecule has 0 saturated carbocycles. The van der Waals surface area contributed by atoms with Crippen LogP contribution in [-0.2, 0) is 10.3 Å². The third-order valence-corrected chi connectivity index (χ3v) is 6.47. The van der Waals surface area contributed by atoms with E-state index in [0.29, 0.717) is 8.52 Å². The van der Waals surface area contributed by atoms with Crippen LogP contribution in [0.15, 0.2) is 115 Å². The molecule has 158 valence electrons. The molecule has 0 saturated heterocycles. The summed E-state index contributed by atoms with van der Waals surface area (Å²) in [4.78, 5) is 0. The fourth-order valence-electron chi connectivity index (χ4n) is 4.62. The van der Waals surface area contributed by atoms with E-state index in [1.54, 1.807) is 0 Å². The Bertz CT molecular complexity index is 932. The Hall–Kier alpha value is -1.73. The summed E-state index contributed by atoms with van der Waals surface area (Å²) in [5.74, 6) is 1.71. The van der Waals surface area contributed by atoms with E-state index in [9.17, 15) is 0 Å². The topological polar surface area (TPSA) is 9.23 Å². The second-order valence-corrected chi connectivity index (χ2v) is 10.5. The van der Waals surface area contributed by atoms with Crippen LogP contribution in [0.25, 0.3) is 0 Å². The van der Waals surface area contributed by atoms with Gasteiger partial charge in [0.15, 0.2) is 0 Å². The van der Waals surface area contributed by atoms with E-state index in [1.807, 2.05) is 0 Å². The average Bonchev–Trinajstić information content (AvgIpc) is 2.84. The molecule has 0 aliphatic heterocycles. The third-order valence-electron chi connectivity index (χ3n) is 6.11.